The molecule has 0 fully saturated rings. The Labute approximate surface area is 84.6 Å². The summed E-state index contributed by atoms with van der Waals surface area (Å²) in [5, 5.41) is 8.67. The summed E-state index contributed by atoms with van der Waals surface area (Å²) in [7, 11) is -3.28. The van der Waals surface area contributed by atoms with E-state index in [0.717, 1.165) is 0 Å². The highest BCUT2D eigenvalue weighted by atomic mass is 32.2. The second kappa shape index (κ2) is 5.98. The first-order valence-corrected chi connectivity index (χ1v) is 6.28. The average molecular weight is 223 g/mol. The van der Waals surface area contributed by atoms with E-state index in [2.05, 4.69) is 4.72 Å². The number of sulfonamides is 1. The van der Waals surface area contributed by atoms with E-state index in [1.54, 1.807) is 13.8 Å². The molecule has 5 nitrogen and oxygen atoms in total. The van der Waals surface area contributed by atoms with Gasteiger partial charge in [0.1, 0.15) is 0 Å². The van der Waals surface area contributed by atoms with Crippen molar-refractivity contribution in [2.24, 2.45) is 5.92 Å². The summed E-state index contributed by atoms with van der Waals surface area (Å²) in [6, 6.07) is 0. The van der Waals surface area contributed by atoms with Gasteiger partial charge in [-0.25, -0.2) is 13.1 Å². The van der Waals surface area contributed by atoms with Crippen LogP contribution in [0.25, 0.3) is 0 Å². The zero-order chi connectivity index (χ0) is 11.2. The van der Waals surface area contributed by atoms with E-state index in [4.69, 9.17) is 5.11 Å². The molecule has 2 N–H and O–H groups in total. The Morgan fingerprint density at radius 3 is 2.36 bits per heavy atom. The molecule has 1 atom stereocenters. The van der Waals surface area contributed by atoms with Crippen molar-refractivity contribution in [2.75, 3.05) is 12.3 Å². The van der Waals surface area contributed by atoms with E-state index in [1.165, 1.54) is 0 Å². The topological polar surface area (TPSA) is 83.5 Å². The van der Waals surface area contributed by atoms with Gasteiger partial charge in [0.2, 0.25) is 10.0 Å². The number of hydrogen-bond donors (Lipinski definition) is 2. The lowest BCUT2D eigenvalue weighted by atomic mass is 10.1. The first kappa shape index (κ1) is 13.4. The molecule has 0 aliphatic rings. The molecule has 0 heterocycles. The van der Waals surface area contributed by atoms with Gasteiger partial charge in [0, 0.05) is 6.54 Å². The molecule has 0 spiro atoms. The first-order chi connectivity index (χ1) is 6.43. The molecule has 6 heteroatoms. The normalized spacial score (nSPS) is 13.9. The number of nitrogens with one attached hydrogen (secondary N) is 1. The lowest BCUT2D eigenvalue weighted by Gasteiger charge is -2.10. The summed E-state index contributed by atoms with van der Waals surface area (Å²) in [4.78, 5) is 10.6. The van der Waals surface area contributed by atoms with Crippen molar-refractivity contribution in [3.63, 3.8) is 0 Å². The summed E-state index contributed by atoms with van der Waals surface area (Å²) in [5.74, 6) is -1.56. The molecule has 0 bridgehead atoms. The summed E-state index contributed by atoms with van der Waals surface area (Å²) in [6.07, 6.45) is 0.948. The van der Waals surface area contributed by atoms with Gasteiger partial charge in [-0.1, -0.05) is 13.8 Å². The first-order valence-electron chi connectivity index (χ1n) is 4.63. The van der Waals surface area contributed by atoms with Crippen LogP contribution in [0.3, 0.4) is 0 Å². The molecule has 0 amide bonds. The molecule has 84 valence electrons. The Balaban J connectivity index is 4.09. The minimum Gasteiger partial charge on any atom is -0.481 e. The SMILES string of the molecule is CCCS(=O)(=O)NCC(CC)C(=O)O. The van der Waals surface area contributed by atoms with Gasteiger partial charge in [-0.3, -0.25) is 4.79 Å². The molecule has 1 unspecified atom stereocenters. The van der Waals surface area contributed by atoms with Crippen LogP contribution in [0.1, 0.15) is 26.7 Å². The summed E-state index contributed by atoms with van der Waals surface area (Å²) >= 11 is 0. The van der Waals surface area contributed by atoms with Crippen LogP contribution in [-0.4, -0.2) is 31.8 Å². The van der Waals surface area contributed by atoms with Crippen molar-refractivity contribution in [1.82, 2.24) is 4.72 Å². The fraction of sp³-hybridized carbons (Fsp3) is 0.875. The Hall–Kier alpha value is -0.620. The predicted molar refractivity (Wildman–Crippen MR) is 53.5 cm³/mol. The number of carbonyl (C=O) groups is 1. The number of carboxylic acids is 1. The molecular weight excluding hydrogens is 206 g/mol. The van der Waals surface area contributed by atoms with Crippen LogP contribution in [-0.2, 0) is 14.8 Å². The van der Waals surface area contributed by atoms with Gasteiger partial charge in [0.15, 0.2) is 0 Å². The average Bonchev–Trinajstić information content (AvgIpc) is 2.04. The van der Waals surface area contributed by atoms with Crippen LogP contribution in [0, 0.1) is 5.92 Å². The van der Waals surface area contributed by atoms with Crippen molar-refractivity contribution < 1.29 is 18.3 Å². The lowest BCUT2D eigenvalue weighted by Crippen LogP contribution is -2.33. The van der Waals surface area contributed by atoms with Gasteiger partial charge in [0.25, 0.3) is 0 Å². The summed E-state index contributed by atoms with van der Waals surface area (Å²) in [5.41, 5.74) is 0. The summed E-state index contributed by atoms with van der Waals surface area (Å²) < 4.78 is 24.6. The summed E-state index contributed by atoms with van der Waals surface area (Å²) in [6.45, 7) is 3.45. The Morgan fingerprint density at radius 2 is 2.00 bits per heavy atom. The molecule has 0 saturated carbocycles. The Bertz CT molecular complexity index is 273. The quantitative estimate of drug-likeness (QED) is 0.655. The number of aliphatic carboxylic acids is 1. The molecular formula is C8H17NO4S. The van der Waals surface area contributed by atoms with E-state index in [0.29, 0.717) is 12.8 Å². The minimum atomic E-state index is -3.28. The maximum absolute atomic E-state index is 11.2. The van der Waals surface area contributed by atoms with Crippen LogP contribution >= 0.6 is 0 Å². The fourth-order valence-electron chi connectivity index (χ4n) is 0.975. The van der Waals surface area contributed by atoms with E-state index >= 15 is 0 Å². The Morgan fingerprint density at radius 1 is 1.43 bits per heavy atom. The van der Waals surface area contributed by atoms with E-state index in [-0.39, 0.29) is 12.3 Å². The van der Waals surface area contributed by atoms with Gasteiger partial charge in [0.05, 0.1) is 11.7 Å². The maximum atomic E-state index is 11.2. The standard InChI is InChI=1S/C8H17NO4S/c1-3-5-14(12,13)9-6-7(4-2)8(10)11/h7,9H,3-6H2,1-2H3,(H,10,11). The van der Waals surface area contributed by atoms with Crippen molar-refractivity contribution >= 4 is 16.0 Å². The van der Waals surface area contributed by atoms with Crippen molar-refractivity contribution in [3.05, 3.63) is 0 Å². The van der Waals surface area contributed by atoms with Gasteiger partial charge in [-0.05, 0) is 12.8 Å². The van der Waals surface area contributed by atoms with Gasteiger partial charge >= 0.3 is 5.97 Å². The molecule has 14 heavy (non-hydrogen) atoms. The van der Waals surface area contributed by atoms with E-state index in [1.807, 2.05) is 0 Å². The largest absolute Gasteiger partial charge is 0.481 e. The van der Waals surface area contributed by atoms with Crippen molar-refractivity contribution in [3.8, 4) is 0 Å². The molecule has 0 radical (unpaired) electrons. The predicted octanol–water partition coefficient (Wildman–Crippen LogP) is 0.427. The molecule has 0 aliphatic heterocycles. The Kier molecular flexibility index (Phi) is 5.71. The molecule has 0 rings (SSSR count). The third-order valence-corrected chi connectivity index (χ3v) is 3.42. The van der Waals surface area contributed by atoms with E-state index in [9.17, 15) is 13.2 Å². The highest BCUT2D eigenvalue weighted by Crippen LogP contribution is 2.01. The zero-order valence-electron chi connectivity index (χ0n) is 8.49. The van der Waals surface area contributed by atoms with Gasteiger partial charge in [-0.15, -0.1) is 0 Å². The van der Waals surface area contributed by atoms with Crippen LogP contribution in [0.4, 0.5) is 0 Å². The van der Waals surface area contributed by atoms with Crippen LogP contribution in [0.15, 0.2) is 0 Å². The second-order valence-electron chi connectivity index (χ2n) is 3.11. The maximum Gasteiger partial charge on any atom is 0.307 e. The fourth-order valence-corrected chi connectivity index (χ4v) is 2.11. The molecule has 0 aromatic carbocycles. The number of carboxylic acid groups (broad SMARTS) is 1. The minimum absolute atomic E-state index is 0.0197. The van der Waals surface area contributed by atoms with E-state index < -0.39 is 21.9 Å². The van der Waals surface area contributed by atoms with Crippen LogP contribution < -0.4 is 4.72 Å². The highest BCUT2D eigenvalue weighted by molar-refractivity contribution is 7.89. The third-order valence-electron chi connectivity index (χ3n) is 1.86. The van der Waals surface area contributed by atoms with Gasteiger partial charge < -0.3 is 5.11 Å². The molecule has 0 saturated heterocycles. The van der Waals surface area contributed by atoms with Gasteiger partial charge in [-0.2, -0.15) is 0 Å². The molecule has 0 aliphatic carbocycles. The molecule has 0 aromatic heterocycles. The number of hydrogen-bond acceptors (Lipinski definition) is 3. The monoisotopic (exact) mass is 223 g/mol. The van der Waals surface area contributed by atoms with Crippen molar-refractivity contribution in [1.29, 1.82) is 0 Å². The van der Waals surface area contributed by atoms with Crippen molar-refractivity contribution in [2.45, 2.75) is 26.7 Å². The second-order valence-corrected chi connectivity index (χ2v) is 5.04. The van der Waals surface area contributed by atoms with Crippen LogP contribution in [0.2, 0.25) is 0 Å². The number of rotatable bonds is 7. The van der Waals surface area contributed by atoms with Crippen LogP contribution in [0.5, 0.6) is 0 Å². The highest BCUT2D eigenvalue weighted by Gasteiger charge is 2.17. The smallest absolute Gasteiger partial charge is 0.307 e. The zero-order valence-corrected chi connectivity index (χ0v) is 9.30. The third kappa shape index (κ3) is 5.18. The lowest BCUT2D eigenvalue weighted by molar-refractivity contribution is -0.141. The molecule has 0 aromatic rings.